The van der Waals surface area contributed by atoms with Gasteiger partial charge in [0.15, 0.2) is 0 Å². The summed E-state index contributed by atoms with van der Waals surface area (Å²) in [6.45, 7) is 3.77. The van der Waals surface area contributed by atoms with Gasteiger partial charge in [-0.2, -0.15) is 0 Å². The van der Waals surface area contributed by atoms with Gasteiger partial charge in [-0.25, -0.2) is 0 Å². The fourth-order valence-corrected chi connectivity index (χ4v) is 3.71. The van der Waals surface area contributed by atoms with Crippen LogP contribution >= 0.6 is 15.9 Å². The van der Waals surface area contributed by atoms with E-state index in [0.29, 0.717) is 0 Å². The van der Waals surface area contributed by atoms with E-state index >= 15 is 0 Å². The molecule has 2 N–H and O–H groups in total. The molecule has 3 nitrogen and oxygen atoms in total. The molecule has 1 saturated heterocycles. The van der Waals surface area contributed by atoms with Crippen molar-refractivity contribution in [3.05, 3.63) is 28.2 Å². The Kier molecular flexibility index (Phi) is 4.81. The van der Waals surface area contributed by atoms with Gasteiger partial charge in [0.25, 0.3) is 0 Å². The first kappa shape index (κ1) is 14.0. The van der Waals surface area contributed by atoms with Crippen LogP contribution in [0.4, 0.5) is 5.69 Å². The van der Waals surface area contributed by atoms with Crippen LogP contribution in [0.15, 0.2) is 22.7 Å². The van der Waals surface area contributed by atoms with Gasteiger partial charge < -0.3 is 10.6 Å². The molecule has 18 heavy (non-hydrogen) atoms. The highest BCUT2D eigenvalue weighted by molar-refractivity contribution is 9.10. The van der Waals surface area contributed by atoms with Gasteiger partial charge >= 0.3 is 0 Å². The summed E-state index contributed by atoms with van der Waals surface area (Å²) in [5.41, 5.74) is 8.43. The summed E-state index contributed by atoms with van der Waals surface area (Å²) in [6.07, 6.45) is 0.869. The van der Waals surface area contributed by atoms with E-state index in [1.165, 1.54) is 11.3 Å². The van der Waals surface area contributed by atoms with Crippen molar-refractivity contribution in [2.75, 3.05) is 29.5 Å². The molecule has 5 heteroatoms. The number of nitrogens with two attached hydrogens (primary N) is 1. The normalized spacial score (nSPS) is 18.9. The largest absolute Gasteiger partial charge is 0.369 e. The molecule has 1 aliphatic rings. The van der Waals surface area contributed by atoms with E-state index in [1.54, 1.807) is 0 Å². The Balaban J connectivity index is 2.23. The molecule has 0 amide bonds. The average molecular weight is 331 g/mol. The summed E-state index contributed by atoms with van der Waals surface area (Å²) in [7, 11) is -0.632. The molecule has 1 heterocycles. The lowest BCUT2D eigenvalue weighted by Crippen LogP contribution is -2.38. The Hall–Kier alpha value is -0.390. The predicted octanol–water partition coefficient (Wildman–Crippen LogP) is 1.91. The minimum atomic E-state index is -0.632. The first-order valence-corrected chi connectivity index (χ1v) is 8.48. The van der Waals surface area contributed by atoms with Crippen molar-refractivity contribution >= 4 is 32.4 Å². The topological polar surface area (TPSA) is 46.3 Å². The molecule has 0 saturated carbocycles. The van der Waals surface area contributed by atoms with Crippen LogP contribution in [0.25, 0.3) is 0 Å². The molecule has 1 aliphatic heterocycles. The van der Waals surface area contributed by atoms with Crippen LogP contribution in [0.3, 0.4) is 0 Å². The van der Waals surface area contributed by atoms with Gasteiger partial charge in [0, 0.05) is 51.6 Å². The van der Waals surface area contributed by atoms with Gasteiger partial charge in [0.2, 0.25) is 0 Å². The zero-order chi connectivity index (χ0) is 13.1. The van der Waals surface area contributed by atoms with Crippen molar-refractivity contribution in [2.45, 2.75) is 19.4 Å². The van der Waals surface area contributed by atoms with E-state index in [2.05, 4.69) is 39.0 Å². The molecule has 0 aliphatic carbocycles. The second-order valence-electron chi connectivity index (χ2n) is 4.79. The van der Waals surface area contributed by atoms with Gasteiger partial charge in [0.1, 0.15) is 0 Å². The summed E-state index contributed by atoms with van der Waals surface area (Å²) in [5.74, 6) is 1.54. The number of rotatable bonds is 3. The number of halogens is 1. The second-order valence-corrected chi connectivity index (χ2v) is 7.40. The van der Waals surface area contributed by atoms with E-state index in [4.69, 9.17) is 5.73 Å². The van der Waals surface area contributed by atoms with Crippen molar-refractivity contribution in [1.29, 1.82) is 0 Å². The van der Waals surface area contributed by atoms with Gasteiger partial charge in [-0.1, -0.05) is 15.9 Å². The molecule has 0 bridgehead atoms. The van der Waals surface area contributed by atoms with Gasteiger partial charge in [-0.15, -0.1) is 0 Å². The van der Waals surface area contributed by atoms with E-state index in [1.807, 2.05) is 6.92 Å². The minimum absolute atomic E-state index is 0.150. The molecule has 0 aromatic heterocycles. The molecule has 0 radical (unpaired) electrons. The summed E-state index contributed by atoms with van der Waals surface area (Å²) in [4.78, 5) is 2.32. The maximum Gasteiger partial charge on any atom is 0.0411 e. The third-order valence-electron chi connectivity index (χ3n) is 3.10. The van der Waals surface area contributed by atoms with Crippen molar-refractivity contribution < 1.29 is 4.21 Å². The highest BCUT2D eigenvalue weighted by Gasteiger charge is 2.18. The molecule has 1 unspecified atom stereocenters. The summed E-state index contributed by atoms with van der Waals surface area (Å²) in [6, 6.07) is 6.49. The van der Waals surface area contributed by atoms with Gasteiger partial charge in [0.05, 0.1) is 0 Å². The number of hydrogen-bond donors (Lipinski definition) is 1. The van der Waals surface area contributed by atoms with Crippen LogP contribution < -0.4 is 10.6 Å². The average Bonchev–Trinajstić information content (AvgIpc) is 2.30. The second kappa shape index (κ2) is 6.17. The highest BCUT2D eigenvalue weighted by atomic mass is 79.9. The Bertz CT molecular complexity index is 441. The van der Waals surface area contributed by atoms with Crippen LogP contribution in [-0.2, 0) is 17.2 Å². The fourth-order valence-electron chi connectivity index (χ4n) is 2.25. The Morgan fingerprint density at radius 2 is 2.11 bits per heavy atom. The maximum absolute atomic E-state index is 11.4. The number of hydrogen-bond acceptors (Lipinski definition) is 3. The SMILES string of the molecule is CC(N)Cc1cc(Br)ccc1N1CCS(=O)CC1. The minimum Gasteiger partial charge on any atom is -0.369 e. The van der Waals surface area contributed by atoms with Crippen molar-refractivity contribution in [3.63, 3.8) is 0 Å². The molecule has 2 rings (SSSR count). The molecule has 1 fully saturated rings. The lowest BCUT2D eigenvalue weighted by molar-refractivity contribution is 0.672. The molecule has 0 spiro atoms. The Labute approximate surface area is 119 Å². The third-order valence-corrected chi connectivity index (χ3v) is 4.87. The lowest BCUT2D eigenvalue weighted by atomic mass is 10.0. The zero-order valence-corrected chi connectivity index (χ0v) is 13.0. The van der Waals surface area contributed by atoms with Crippen molar-refractivity contribution in [3.8, 4) is 0 Å². The predicted molar refractivity (Wildman–Crippen MR) is 81.6 cm³/mol. The quantitative estimate of drug-likeness (QED) is 0.920. The number of anilines is 1. The van der Waals surface area contributed by atoms with Gasteiger partial charge in [-0.05, 0) is 37.1 Å². The Morgan fingerprint density at radius 3 is 2.72 bits per heavy atom. The van der Waals surface area contributed by atoms with E-state index in [0.717, 1.165) is 35.5 Å². The zero-order valence-electron chi connectivity index (χ0n) is 10.6. The van der Waals surface area contributed by atoms with Crippen LogP contribution in [0, 0.1) is 0 Å². The van der Waals surface area contributed by atoms with Gasteiger partial charge in [-0.3, -0.25) is 4.21 Å². The maximum atomic E-state index is 11.4. The van der Waals surface area contributed by atoms with Crippen molar-refractivity contribution in [1.82, 2.24) is 0 Å². The van der Waals surface area contributed by atoms with Crippen LogP contribution in [0.5, 0.6) is 0 Å². The summed E-state index contributed by atoms with van der Waals surface area (Å²) in [5, 5.41) is 0. The van der Waals surface area contributed by atoms with Crippen LogP contribution in [0.2, 0.25) is 0 Å². The third kappa shape index (κ3) is 3.56. The Morgan fingerprint density at radius 1 is 1.44 bits per heavy atom. The molecular formula is C13H19BrN2OS. The number of benzene rings is 1. The van der Waals surface area contributed by atoms with Crippen molar-refractivity contribution in [2.24, 2.45) is 5.73 Å². The van der Waals surface area contributed by atoms with Crippen LogP contribution in [-0.4, -0.2) is 34.8 Å². The monoisotopic (exact) mass is 330 g/mol. The molecule has 1 atom stereocenters. The fraction of sp³-hybridized carbons (Fsp3) is 0.538. The van der Waals surface area contributed by atoms with Crippen LogP contribution in [0.1, 0.15) is 12.5 Å². The molecule has 100 valence electrons. The standard InChI is InChI=1S/C13H19BrN2OS/c1-10(15)8-11-9-12(14)2-3-13(11)16-4-6-18(17)7-5-16/h2-3,9-10H,4-8,15H2,1H3. The molecule has 1 aromatic rings. The number of nitrogens with zero attached hydrogens (tertiary/aromatic N) is 1. The molecule has 1 aromatic carbocycles. The lowest BCUT2D eigenvalue weighted by Gasteiger charge is -2.30. The highest BCUT2D eigenvalue weighted by Crippen LogP contribution is 2.26. The summed E-state index contributed by atoms with van der Waals surface area (Å²) >= 11 is 3.51. The molecular weight excluding hydrogens is 312 g/mol. The summed E-state index contributed by atoms with van der Waals surface area (Å²) < 4.78 is 12.5. The smallest absolute Gasteiger partial charge is 0.0411 e. The van der Waals surface area contributed by atoms with E-state index < -0.39 is 10.8 Å². The van der Waals surface area contributed by atoms with E-state index in [-0.39, 0.29) is 6.04 Å². The van der Waals surface area contributed by atoms with E-state index in [9.17, 15) is 4.21 Å². The first-order chi connectivity index (χ1) is 8.56. The first-order valence-electron chi connectivity index (χ1n) is 6.20.